The molecule has 3 rings (SSSR count). The van der Waals surface area contributed by atoms with E-state index in [4.69, 9.17) is 10.5 Å². The van der Waals surface area contributed by atoms with E-state index in [9.17, 15) is 0 Å². The van der Waals surface area contributed by atoms with E-state index in [-0.39, 0.29) is 6.04 Å². The Morgan fingerprint density at radius 2 is 2.21 bits per heavy atom. The van der Waals surface area contributed by atoms with E-state index in [1.165, 1.54) is 30.5 Å². The lowest BCUT2D eigenvalue weighted by Gasteiger charge is -2.40. The number of nitrogens with zero attached hydrogens (tertiary/aromatic N) is 1. The van der Waals surface area contributed by atoms with Crippen LogP contribution >= 0.6 is 0 Å². The van der Waals surface area contributed by atoms with Crippen molar-refractivity contribution in [2.24, 2.45) is 5.73 Å². The van der Waals surface area contributed by atoms with Crippen LogP contribution in [0.1, 0.15) is 44.2 Å². The van der Waals surface area contributed by atoms with Crippen molar-refractivity contribution < 1.29 is 4.74 Å². The van der Waals surface area contributed by atoms with Crippen molar-refractivity contribution in [3.8, 4) is 0 Å². The third kappa shape index (κ3) is 2.37. The first-order chi connectivity index (χ1) is 9.31. The molecule has 3 atom stereocenters. The van der Waals surface area contributed by atoms with Crippen LogP contribution in [0.15, 0.2) is 24.3 Å². The van der Waals surface area contributed by atoms with Gasteiger partial charge >= 0.3 is 0 Å². The van der Waals surface area contributed by atoms with Crippen molar-refractivity contribution in [1.29, 1.82) is 0 Å². The Morgan fingerprint density at radius 1 is 1.37 bits per heavy atom. The van der Waals surface area contributed by atoms with Gasteiger partial charge in [-0.2, -0.15) is 0 Å². The van der Waals surface area contributed by atoms with E-state index < -0.39 is 0 Å². The summed E-state index contributed by atoms with van der Waals surface area (Å²) in [5, 5.41) is 0. The number of anilines is 1. The molecule has 0 bridgehead atoms. The molecule has 1 aromatic rings. The molecule has 0 aromatic heterocycles. The molecule has 2 fully saturated rings. The highest BCUT2D eigenvalue weighted by molar-refractivity contribution is 5.56. The van der Waals surface area contributed by atoms with E-state index in [1.54, 1.807) is 0 Å². The molecule has 1 aliphatic carbocycles. The van der Waals surface area contributed by atoms with Gasteiger partial charge in [0, 0.05) is 18.3 Å². The van der Waals surface area contributed by atoms with Crippen molar-refractivity contribution in [2.75, 3.05) is 18.1 Å². The van der Waals surface area contributed by atoms with E-state index in [0.29, 0.717) is 12.1 Å². The summed E-state index contributed by atoms with van der Waals surface area (Å²) < 4.78 is 5.91. The summed E-state index contributed by atoms with van der Waals surface area (Å²) in [5.74, 6) is 0. The third-order valence-electron chi connectivity index (χ3n) is 4.57. The average Bonchev–Trinajstić information content (AvgIpc) is 2.94. The van der Waals surface area contributed by atoms with Crippen molar-refractivity contribution in [1.82, 2.24) is 0 Å². The fraction of sp³-hybridized carbons (Fsp3) is 0.625. The van der Waals surface area contributed by atoms with Crippen molar-refractivity contribution in [3.63, 3.8) is 0 Å². The summed E-state index contributed by atoms with van der Waals surface area (Å²) in [5.41, 5.74) is 8.90. The summed E-state index contributed by atoms with van der Waals surface area (Å²) in [7, 11) is 0. The van der Waals surface area contributed by atoms with Crippen LogP contribution in [0.2, 0.25) is 0 Å². The molecule has 3 heteroatoms. The second kappa shape index (κ2) is 5.51. The van der Waals surface area contributed by atoms with E-state index in [2.05, 4.69) is 36.1 Å². The number of hydrogen-bond acceptors (Lipinski definition) is 3. The van der Waals surface area contributed by atoms with Gasteiger partial charge in [-0.1, -0.05) is 25.1 Å². The SMILES string of the molecule is CC[C@@H](N)c1ccccc1N1CCOC2CCCC21. The van der Waals surface area contributed by atoms with Crippen LogP contribution in [-0.2, 0) is 4.74 Å². The lowest BCUT2D eigenvalue weighted by molar-refractivity contribution is 0.0255. The highest BCUT2D eigenvalue weighted by Crippen LogP contribution is 2.36. The molecule has 1 aliphatic heterocycles. The fourth-order valence-corrected chi connectivity index (χ4v) is 3.51. The predicted octanol–water partition coefficient (Wildman–Crippen LogP) is 2.85. The lowest BCUT2D eigenvalue weighted by atomic mass is 10.00. The number of benzene rings is 1. The number of nitrogens with two attached hydrogens (primary N) is 1. The van der Waals surface area contributed by atoms with Crippen LogP contribution in [0.3, 0.4) is 0 Å². The lowest BCUT2D eigenvalue weighted by Crippen LogP contribution is -2.49. The number of morpholine rings is 1. The number of fused-ring (bicyclic) bond motifs is 1. The van der Waals surface area contributed by atoms with Gasteiger partial charge in [0.05, 0.1) is 18.8 Å². The quantitative estimate of drug-likeness (QED) is 0.908. The molecular weight excluding hydrogens is 236 g/mol. The van der Waals surface area contributed by atoms with Gasteiger partial charge in [-0.3, -0.25) is 0 Å². The van der Waals surface area contributed by atoms with Crippen LogP contribution in [0.5, 0.6) is 0 Å². The van der Waals surface area contributed by atoms with Crippen LogP contribution in [0.4, 0.5) is 5.69 Å². The second-order valence-electron chi connectivity index (χ2n) is 5.67. The normalized spacial score (nSPS) is 28.2. The van der Waals surface area contributed by atoms with Gasteiger partial charge in [-0.15, -0.1) is 0 Å². The van der Waals surface area contributed by atoms with Gasteiger partial charge in [-0.25, -0.2) is 0 Å². The standard InChI is InChI=1S/C16H24N2O/c1-2-13(17)12-6-3-4-7-14(12)18-10-11-19-16-9-5-8-15(16)18/h3-4,6-7,13,15-16H,2,5,8-11,17H2,1H3/t13-,15?,16?/m1/s1. The Labute approximate surface area is 115 Å². The highest BCUT2D eigenvalue weighted by atomic mass is 16.5. The minimum Gasteiger partial charge on any atom is -0.374 e. The van der Waals surface area contributed by atoms with E-state index in [0.717, 1.165) is 19.6 Å². The molecule has 2 N–H and O–H groups in total. The number of ether oxygens (including phenoxy) is 1. The molecule has 19 heavy (non-hydrogen) atoms. The zero-order valence-electron chi connectivity index (χ0n) is 11.7. The van der Waals surface area contributed by atoms with Crippen LogP contribution in [0.25, 0.3) is 0 Å². The molecule has 0 amide bonds. The predicted molar refractivity (Wildman–Crippen MR) is 78.4 cm³/mol. The van der Waals surface area contributed by atoms with E-state index in [1.807, 2.05) is 0 Å². The first kappa shape index (κ1) is 12.9. The highest BCUT2D eigenvalue weighted by Gasteiger charge is 2.36. The van der Waals surface area contributed by atoms with Gasteiger partial charge in [-0.05, 0) is 37.3 Å². The largest absolute Gasteiger partial charge is 0.374 e. The number of rotatable bonds is 3. The fourth-order valence-electron chi connectivity index (χ4n) is 3.51. The zero-order valence-corrected chi connectivity index (χ0v) is 11.7. The van der Waals surface area contributed by atoms with Crippen LogP contribution < -0.4 is 10.6 Å². The van der Waals surface area contributed by atoms with Gasteiger partial charge in [0.1, 0.15) is 0 Å². The van der Waals surface area contributed by atoms with Gasteiger partial charge in [0.2, 0.25) is 0 Å². The van der Waals surface area contributed by atoms with Crippen molar-refractivity contribution >= 4 is 5.69 Å². The maximum Gasteiger partial charge on any atom is 0.0779 e. The first-order valence-electron chi connectivity index (χ1n) is 7.54. The number of hydrogen-bond donors (Lipinski definition) is 1. The maximum atomic E-state index is 6.28. The molecule has 2 unspecified atom stereocenters. The molecule has 3 nitrogen and oxygen atoms in total. The molecule has 1 saturated carbocycles. The third-order valence-corrected chi connectivity index (χ3v) is 4.57. The monoisotopic (exact) mass is 260 g/mol. The van der Waals surface area contributed by atoms with E-state index >= 15 is 0 Å². The molecular formula is C16H24N2O. The Bertz CT molecular complexity index is 435. The summed E-state index contributed by atoms with van der Waals surface area (Å²) in [4.78, 5) is 2.55. The molecule has 104 valence electrons. The van der Waals surface area contributed by atoms with Crippen LogP contribution in [0, 0.1) is 0 Å². The van der Waals surface area contributed by atoms with Gasteiger partial charge in [0.15, 0.2) is 0 Å². The Kier molecular flexibility index (Phi) is 3.76. The molecule has 0 spiro atoms. The van der Waals surface area contributed by atoms with Gasteiger partial charge in [0.25, 0.3) is 0 Å². The molecule has 1 saturated heterocycles. The Balaban J connectivity index is 1.92. The Morgan fingerprint density at radius 3 is 3.05 bits per heavy atom. The molecule has 2 aliphatic rings. The van der Waals surface area contributed by atoms with Crippen molar-refractivity contribution in [2.45, 2.75) is 50.8 Å². The molecule has 0 radical (unpaired) electrons. The minimum atomic E-state index is 0.138. The van der Waals surface area contributed by atoms with Crippen LogP contribution in [-0.4, -0.2) is 25.3 Å². The molecule has 1 heterocycles. The van der Waals surface area contributed by atoms with Gasteiger partial charge < -0.3 is 15.4 Å². The molecule has 1 aromatic carbocycles. The zero-order chi connectivity index (χ0) is 13.2. The summed E-state index contributed by atoms with van der Waals surface area (Å²) in [6.45, 7) is 3.99. The number of para-hydroxylation sites is 1. The topological polar surface area (TPSA) is 38.5 Å². The summed E-state index contributed by atoms with van der Waals surface area (Å²) in [6.07, 6.45) is 5.16. The average molecular weight is 260 g/mol. The Hall–Kier alpha value is -1.06. The summed E-state index contributed by atoms with van der Waals surface area (Å²) >= 11 is 0. The first-order valence-corrected chi connectivity index (χ1v) is 7.54. The van der Waals surface area contributed by atoms with Crippen molar-refractivity contribution in [3.05, 3.63) is 29.8 Å². The maximum absolute atomic E-state index is 6.28. The second-order valence-corrected chi connectivity index (χ2v) is 5.67. The summed E-state index contributed by atoms with van der Waals surface area (Å²) in [6, 6.07) is 9.33. The minimum absolute atomic E-state index is 0.138. The smallest absolute Gasteiger partial charge is 0.0779 e.